The molecule has 25 heavy (non-hydrogen) atoms. The van der Waals surface area contributed by atoms with Crippen molar-refractivity contribution >= 4 is 29.1 Å². The molecule has 0 unspecified atom stereocenters. The number of carbonyl (C=O) groups excluding carboxylic acids is 1. The second kappa shape index (κ2) is 8.77. The maximum atomic E-state index is 12.5. The van der Waals surface area contributed by atoms with Crippen LogP contribution in [0.2, 0.25) is 0 Å². The van der Waals surface area contributed by atoms with Crippen LogP contribution >= 0.6 is 23.2 Å². The lowest BCUT2D eigenvalue weighted by molar-refractivity contribution is -0.133. The maximum Gasteiger partial charge on any atom is 0.256 e. The van der Waals surface area contributed by atoms with Crippen LogP contribution in [-0.4, -0.2) is 26.3 Å². The standard InChI is InChI=1S/C20H26Cl2N2O/c1-14(2)16(4)24(20(25)19(21)22)13-18-9-6-10-23(18)12-17-8-5-7-15(3)11-17/h5-11,14,16,19H,12-13H2,1-4H3/t16-/m1/s1. The number of halogens is 2. The summed E-state index contributed by atoms with van der Waals surface area (Å²) < 4.78 is 2.17. The first-order chi connectivity index (χ1) is 11.8. The maximum absolute atomic E-state index is 12.5. The van der Waals surface area contributed by atoms with Crippen molar-refractivity contribution in [3.8, 4) is 0 Å². The highest BCUT2D eigenvalue weighted by molar-refractivity contribution is 6.53. The van der Waals surface area contributed by atoms with Crippen LogP contribution in [0.5, 0.6) is 0 Å². The molecule has 0 aliphatic carbocycles. The van der Waals surface area contributed by atoms with E-state index in [4.69, 9.17) is 23.2 Å². The van der Waals surface area contributed by atoms with Gasteiger partial charge in [0.2, 0.25) is 0 Å². The van der Waals surface area contributed by atoms with E-state index in [0.717, 1.165) is 12.2 Å². The topological polar surface area (TPSA) is 25.2 Å². The molecule has 0 spiro atoms. The quantitative estimate of drug-likeness (QED) is 0.618. The minimum absolute atomic E-state index is 0.0508. The summed E-state index contributed by atoms with van der Waals surface area (Å²) in [5.74, 6) is 0.0732. The van der Waals surface area contributed by atoms with E-state index in [0.29, 0.717) is 12.5 Å². The van der Waals surface area contributed by atoms with Crippen LogP contribution in [0.4, 0.5) is 0 Å². The van der Waals surface area contributed by atoms with Gasteiger partial charge in [0.1, 0.15) is 0 Å². The van der Waals surface area contributed by atoms with Crippen molar-refractivity contribution in [2.45, 2.75) is 51.7 Å². The predicted octanol–water partition coefficient (Wildman–Crippen LogP) is 5.02. The van der Waals surface area contributed by atoms with Crippen molar-refractivity contribution in [3.63, 3.8) is 0 Å². The number of alkyl halides is 2. The summed E-state index contributed by atoms with van der Waals surface area (Å²) in [5, 5.41) is 0. The lowest BCUT2D eigenvalue weighted by atomic mass is 10.0. The highest BCUT2D eigenvalue weighted by atomic mass is 35.5. The Bertz CT molecular complexity index is 709. The second-order valence-corrected chi connectivity index (χ2v) is 7.96. The largest absolute Gasteiger partial charge is 0.345 e. The van der Waals surface area contributed by atoms with Gasteiger partial charge in [-0.2, -0.15) is 0 Å². The third kappa shape index (κ3) is 5.26. The van der Waals surface area contributed by atoms with Crippen molar-refractivity contribution in [1.29, 1.82) is 0 Å². The highest BCUT2D eigenvalue weighted by Gasteiger charge is 2.27. The predicted molar refractivity (Wildman–Crippen MR) is 105 cm³/mol. The molecule has 1 aromatic heterocycles. The summed E-state index contributed by atoms with van der Waals surface area (Å²) >= 11 is 11.7. The number of aromatic nitrogens is 1. The Kier molecular flexibility index (Phi) is 6.97. The Morgan fingerprint density at radius 3 is 2.48 bits per heavy atom. The molecule has 1 aromatic carbocycles. The molecule has 0 fully saturated rings. The third-order valence-electron chi connectivity index (χ3n) is 4.62. The summed E-state index contributed by atoms with van der Waals surface area (Å²) in [7, 11) is 0. The second-order valence-electron chi connectivity index (χ2n) is 6.87. The zero-order valence-electron chi connectivity index (χ0n) is 15.2. The first-order valence-corrected chi connectivity index (χ1v) is 9.45. The molecule has 0 saturated heterocycles. The van der Waals surface area contributed by atoms with Crippen molar-refractivity contribution in [1.82, 2.24) is 9.47 Å². The first kappa shape index (κ1) is 19.9. The average Bonchev–Trinajstić information content (AvgIpc) is 2.98. The zero-order valence-corrected chi connectivity index (χ0v) is 16.8. The SMILES string of the molecule is Cc1cccc(Cn2cccc2CN(C(=O)C(Cl)Cl)[C@H](C)C(C)C)c1. The van der Waals surface area contributed by atoms with Gasteiger partial charge in [-0.25, -0.2) is 0 Å². The lowest BCUT2D eigenvalue weighted by Gasteiger charge is -2.32. The van der Waals surface area contributed by atoms with Crippen molar-refractivity contribution in [2.24, 2.45) is 5.92 Å². The zero-order chi connectivity index (χ0) is 18.6. The Morgan fingerprint density at radius 1 is 1.16 bits per heavy atom. The van der Waals surface area contributed by atoms with Crippen LogP contribution < -0.4 is 0 Å². The molecule has 1 atom stereocenters. The van der Waals surface area contributed by atoms with Gasteiger partial charge >= 0.3 is 0 Å². The molecule has 0 saturated carbocycles. The molecule has 2 rings (SSSR count). The molecule has 3 nitrogen and oxygen atoms in total. The Labute approximate surface area is 160 Å². The fourth-order valence-electron chi connectivity index (χ4n) is 2.84. The number of carbonyl (C=O) groups is 1. The van der Waals surface area contributed by atoms with Gasteiger partial charge in [-0.1, -0.05) is 66.9 Å². The fourth-order valence-corrected chi connectivity index (χ4v) is 3.09. The molecule has 1 amide bonds. The molecule has 2 aromatic rings. The normalized spacial score (nSPS) is 12.6. The van der Waals surface area contributed by atoms with E-state index in [-0.39, 0.29) is 11.9 Å². The Morgan fingerprint density at radius 2 is 1.88 bits per heavy atom. The Hall–Kier alpha value is -1.45. The van der Waals surface area contributed by atoms with E-state index in [1.165, 1.54) is 11.1 Å². The summed E-state index contributed by atoms with van der Waals surface area (Å²) in [6.07, 6.45) is 2.04. The van der Waals surface area contributed by atoms with Crippen molar-refractivity contribution in [2.75, 3.05) is 0 Å². The number of amides is 1. The van der Waals surface area contributed by atoms with E-state index in [1.807, 2.05) is 25.3 Å². The van der Waals surface area contributed by atoms with Crippen LogP contribution in [0, 0.1) is 12.8 Å². The number of hydrogen-bond acceptors (Lipinski definition) is 1. The average molecular weight is 381 g/mol. The van der Waals surface area contributed by atoms with Crippen LogP contribution in [0.1, 0.15) is 37.6 Å². The van der Waals surface area contributed by atoms with Crippen LogP contribution in [0.25, 0.3) is 0 Å². The van der Waals surface area contributed by atoms with Gasteiger partial charge in [0.15, 0.2) is 4.84 Å². The van der Waals surface area contributed by atoms with E-state index in [9.17, 15) is 4.79 Å². The Balaban J connectivity index is 2.23. The van der Waals surface area contributed by atoms with E-state index in [1.54, 1.807) is 4.90 Å². The van der Waals surface area contributed by atoms with Gasteiger partial charge in [0, 0.05) is 24.5 Å². The van der Waals surface area contributed by atoms with Crippen molar-refractivity contribution in [3.05, 3.63) is 59.4 Å². The summed E-state index contributed by atoms with van der Waals surface area (Å²) in [4.78, 5) is 13.2. The van der Waals surface area contributed by atoms with Crippen molar-refractivity contribution < 1.29 is 4.79 Å². The van der Waals surface area contributed by atoms with E-state index < -0.39 is 4.84 Å². The number of rotatable bonds is 7. The lowest BCUT2D eigenvalue weighted by Crippen LogP contribution is -2.43. The molecule has 0 radical (unpaired) electrons. The molecule has 0 aliphatic rings. The third-order valence-corrected chi connectivity index (χ3v) is 4.99. The molecule has 5 heteroatoms. The minimum Gasteiger partial charge on any atom is -0.345 e. The molecule has 0 N–H and O–H groups in total. The van der Waals surface area contributed by atoms with Gasteiger partial charge in [-0.15, -0.1) is 0 Å². The van der Waals surface area contributed by atoms with E-state index in [2.05, 4.69) is 49.6 Å². The molecule has 136 valence electrons. The van der Waals surface area contributed by atoms with Crippen LogP contribution in [0.15, 0.2) is 42.6 Å². The van der Waals surface area contributed by atoms with E-state index >= 15 is 0 Å². The number of benzene rings is 1. The molecule has 0 aliphatic heterocycles. The summed E-state index contributed by atoms with van der Waals surface area (Å²) in [6, 6.07) is 12.5. The molecule has 0 bridgehead atoms. The monoisotopic (exact) mass is 380 g/mol. The first-order valence-electron chi connectivity index (χ1n) is 8.57. The van der Waals surface area contributed by atoms with Crippen LogP contribution in [0.3, 0.4) is 0 Å². The van der Waals surface area contributed by atoms with Gasteiger partial charge < -0.3 is 9.47 Å². The number of aryl methyl sites for hydroxylation is 1. The smallest absolute Gasteiger partial charge is 0.256 e. The van der Waals surface area contributed by atoms with Gasteiger partial charge in [-0.3, -0.25) is 4.79 Å². The molecular weight excluding hydrogens is 355 g/mol. The highest BCUT2D eigenvalue weighted by Crippen LogP contribution is 2.20. The molecule has 1 heterocycles. The van der Waals surface area contributed by atoms with Gasteiger partial charge in [-0.05, 0) is 37.5 Å². The fraction of sp³-hybridized carbons (Fsp3) is 0.450. The summed E-state index contributed by atoms with van der Waals surface area (Å²) in [6.45, 7) is 9.57. The summed E-state index contributed by atoms with van der Waals surface area (Å²) in [5.41, 5.74) is 3.54. The van der Waals surface area contributed by atoms with Crippen LogP contribution in [-0.2, 0) is 17.9 Å². The minimum atomic E-state index is -1.04. The van der Waals surface area contributed by atoms with Gasteiger partial charge in [0.25, 0.3) is 5.91 Å². The number of hydrogen-bond donors (Lipinski definition) is 0. The molecular formula is C20H26Cl2N2O. The number of nitrogens with zero attached hydrogens (tertiary/aromatic N) is 2. The van der Waals surface area contributed by atoms with Gasteiger partial charge in [0.05, 0.1) is 6.54 Å².